The number of alkyl halides is 1. The SMILES string of the molecule is COC(=O)C(Br)CSc1ccccc1C. The number of aryl methyl sites for hydroxylation is 1. The van der Waals surface area contributed by atoms with Crippen molar-refractivity contribution in [3.8, 4) is 0 Å². The van der Waals surface area contributed by atoms with E-state index >= 15 is 0 Å². The fraction of sp³-hybridized carbons (Fsp3) is 0.364. The van der Waals surface area contributed by atoms with Crippen LogP contribution in [0, 0.1) is 6.92 Å². The van der Waals surface area contributed by atoms with Gasteiger partial charge in [-0.15, -0.1) is 11.8 Å². The number of rotatable bonds is 4. The summed E-state index contributed by atoms with van der Waals surface area (Å²) >= 11 is 4.94. The largest absolute Gasteiger partial charge is 0.468 e. The second kappa shape index (κ2) is 6.18. The molecule has 0 bridgehead atoms. The smallest absolute Gasteiger partial charge is 0.320 e. The highest BCUT2D eigenvalue weighted by Crippen LogP contribution is 2.24. The van der Waals surface area contributed by atoms with E-state index in [1.54, 1.807) is 11.8 Å². The first-order chi connectivity index (χ1) is 7.15. The molecule has 1 aromatic rings. The van der Waals surface area contributed by atoms with Crippen molar-refractivity contribution in [1.82, 2.24) is 0 Å². The number of methoxy groups -OCH3 is 1. The van der Waals surface area contributed by atoms with Gasteiger partial charge in [0.15, 0.2) is 0 Å². The summed E-state index contributed by atoms with van der Waals surface area (Å²) in [6, 6.07) is 8.11. The number of carbonyl (C=O) groups excluding carboxylic acids is 1. The van der Waals surface area contributed by atoms with E-state index in [-0.39, 0.29) is 10.8 Å². The molecule has 0 radical (unpaired) electrons. The van der Waals surface area contributed by atoms with Crippen LogP contribution in [0.15, 0.2) is 29.2 Å². The number of benzene rings is 1. The fourth-order valence-corrected chi connectivity index (χ4v) is 2.59. The fourth-order valence-electron chi connectivity index (χ4n) is 1.08. The lowest BCUT2D eigenvalue weighted by atomic mass is 10.2. The Morgan fingerprint density at radius 1 is 1.53 bits per heavy atom. The van der Waals surface area contributed by atoms with E-state index in [1.165, 1.54) is 17.6 Å². The Hall–Kier alpha value is -0.480. The molecule has 0 aliphatic heterocycles. The first-order valence-electron chi connectivity index (χ1n) is 4.55. The molecule has 15 heavy (non-hydrogen) atoms. The Morgan fingerprint density at radius 3 is 2.80 bits per heavy atom. The summed E-state index contributed by atoms with van der Waals surface area (Å²) in [6.07, 6.45) is 0. The molecule has 0 saturated carbocycles. The van der Waals surface area contributed by atoms with Crippen LogP contribution in [0.4, 0.5) is 0 Å². The molecule has 2 nitrogen and oxygen atoms in total. The molecule has 0 heterocycles. The quantitative estimate of drug-likeness (QED) is 0.484. The van der Waals surface area contributed by atoms with E-state index in [0.29, 0.717) is 5.75 Å². The third-order valence-corrected chi connectivity index (χ3v) is 4.33. The predicted octanol–water partition coefficient (Wildman–Crippen LogP) is 3.02. The lowest BCUT2D eigenvalue weighted by Gasteiger charge is -2.08. The van der Waals surface area contributed by atoms with E-state index in [9.17, 15) is 4.79 Å². The van der Waals surface area contributed by atoms with Gasteiger partial charge in [-0.2, -0.15) is 0 Å². The third-order valence-electron chi connectivity index (χ3n) is 1.94. The third kappa shape index (κ3) is 3.87. The number of esters is 1. The summed E-state index contributed by atoms with van der Waals surface area (Å²) in [6.45, 7) is 2.06. The molecule has 82 valence electrons. The molecule has 1 aromatic carbocycles. The van der Waals surface area contributed by atoms with Gasteiger partial charge in [0.1, 0.15) is 4.83 Å². The second-order valence-corrected chi connectivity index (χ2v) is 5.23. The summed E-state index contributed by atoms with van der Waals surface area (Å²) in [5.74, 6) is 0.452. The van der Waals surface area contributed by atoms with E-state index < -0.39 is 0 Å². The molecule has 0 saturated heterocycles. The van der Waals surface area contributed by atoms with E-state index in [4.69, 9.17) is 0 Å². The summed E-state index contributed by atoms with van der Waals surface area (Å²) < 4.78 is 4.63. The van der Waals surface area contributed by atoms with Gasteiger partial charge in [0.2, 0.25) is 0 Å². The van der Waals surface area contributed by atoms with Crippen LogP contribution < -0.4 is 0 Å². The van der Waals surface area contributed by atoms with Gasteiger partial charge in [0.05, 0.1) is 7.11 Å². The number of hydrogen-bond acceptors (Lipinski definition) is 3. The molecule has 0 aliphatic rings. The van der Waals surface area contributed by atoms with Gasteiger partial charge < -0.3 is 4.74 Å². The predicted molar refractivity (Wildman–Crippen MR) is 66.6 cm³/mol. The van der Waals surface area contributed by atoms with Crippen LogP contribution >= 0.6 is 27.7 Å². The highest BCUT2D eigenvalue weighted by Gasteiger charge is 2.15. The number of thioether (sulfide) groups is 1. The van der Waals surface area contributed by atoms with Crippen LogP contribution in [0.2, 0.25) is 0 Å². The van der Waals surface area contributed by atoms with E-state index in [0.717, 1.165) is 0 Å². The Bertz CT molecular complexity index is 341. The maximum atomic E-state index is 11.1. The van der Waals surface area contributed by atoms with Gasteiger partial charge in [-0.05, 0) is 18.6 Å². The Labute approximate surface area is 103 Å². The monoisotopic (exact) mass is 288 g/mol. The van der Waals surface area contributed by atoms with Crippen LogP contribution in [0.5, 0.6) is 0 Å². The molecular formula is C11H13BrO2S. The minimum absolute atomic E-state index is 0.226. The zero-order chi connectivity index (χ0) is 11.3. The topological polar surface area (TPSA) is 26.3 Å². The van der Waals surface area contributed by atoms with E-state index in [1.807, 2.05) is 12.1 Å². The van der Waals surface area contributed by atoms with Gasteiger partial charge >= 0.3 is 5.97 Å². The number of ether oxygens (including phenoxy) is 1. The van der Waals surface area contributed by atoms with Crippen LogP contribution in [-0.4, -0.2) is 23.7 Å². The van der Waals surface area contributed by atoms with Crippen LogP contribution in [-0.2, 0) is 9.53 Å². The lowest BCUT2D eigenvalue weighted by Crippen LogP contribution is -2.17. The molecule has 0 aromatic heterocycles. The first kappa shape index (κ1) is 12.6. The molecular weight excluding hydrogens is 276 g/mol. The number of halogens is 1. The maximum absolute atomic E-state index is 11.1. The molecule has 0 aliphatic carbocycles. The highest BCUT2D eigenvalue weighted by molar-refractivity contribution is 9.10. The summed E-state index contributed by atoms with van der Waals surface area (Å²) in [5.41, 5.74) is 1.23. The summed E-state index contributed by atoms with van der Waals surface area (Å²) in [7, 11) is 1.40. The Kier molecular flexibility index (Phi) is 5.19. The van der Waals surface area contributed by atoms with Gasteiger partial charge in [-0.3, -0.25) is 4.79 Å². The van der Waals surface area contributed by atoms with Crippen molar-refractivity contribution < 1.29 is 9.53 Å². The Morgan fingerprint density at radius 2 is 2.20 bits per heavy atom. The molecule has 1 unspecified atom stereocenters. The van der Waals surface area contributed by atoms with Crippen molar-refractivity contribution in [2.75, 3.05) is 12.9 Å². The molecule has 0 amide bonds. The summed E-state index contributed by atoms with van der Waals surface area (Å²) in [5, 5.41) is 0. The van der Waals surface area contributed by atoms with Gasteiger partial charge in [-0.1, -0.05) is 34.1 Å². The van der Waals surface area contributed by atoms with Crippen LogP contribution in [0.1, 0.15) is 5.56 Å². The molecule has 0 spiro atoms. The van der Waals surface area contributed by atoms with Crippen LogP contribution in [0.25, 0.3) is 0 Å². The minimum Gasteiger partial charge on any atom is -0.468 e. The molecule has 4 heteroatoms. The summed E-state index contributed by atoms with van der Waals surface area (Å²) in [4.78, 5) is 12.1. The van der Waals surface area contributed by atoms with Crippen LogP contribution in [0.3, 0.4) is 0 Å². The maximum Gasteiger partial charge on any atom is 0.320 e. The van der Waals surface area contributed by atoms with Gasteiger partial charge in [0.25, 0.3) is 0 Å². The zero-order valence-electron chi connectivity index (χ0n) is 8.70. The van der Waals surface area contributed by atoms with Crippen molar-refractivity contribution >= 4 is 33.7 Å². The number of carbonyl (C=O) groups is 1. The first-order valence-corrected chi connectivity index (χ1v) is 6.45. The van der Waals surface area contributed by atoms with Crippen molar-refractivity contribution in [3.05, 3.63) is 29.8 Å². The number of hydrogen-bond donors (Lipinski definition) is 0. The zero-order valence-corrected chi connectivity index (χ0v) is 11.1. The average Bonchev–Trinajstić information content (AvgIpc) is 2.26. The molecule has 1 atom stereocenters. The minimum atomic E-state index is -0.243. The lowest BCUT2D eigenvalue weighted by molar-refractivity contribution is -0.139. The van der Waals surface area contributed by atoms with Crippen molar-refractivity contribution in [1.29, 1.82) is 0 Å². The Balaban J connectivity index is 2.50. The van der Waals surface area contributed by atoms with Crippen molar-refractivity contribution in [3.63, 3.8) is 0 Å². The average molecular weight is 289 g/mol. The highest BCUT2D eigenvalue weighted by atomic mass is 79.9. The second-order valence-electron chi connectivity index (χ2n) is 3.07. The van der Waals surface area contributed by atoms with Gasteiger partial charge in [-0.25, -0.2) is 0 Å². The normalized spacial score (nSPS) is 12.2. The van der Waals surface area contributed by atoms with Crippen molar-refractivity contribution in [2.24, 2.45) is 0 Å². The molecule has 0 fully saturated rings. The standard InChI is InChI=1S/C11H13BrO2S/c1-8-5-3-4-6-10(8)15-7-9(12)11(13)14-2/h3-6,9H,7H2,1-2H3. The van der Waals surface area contributed by atoms with E-state index in [2.05, 4.69) is 39.7 Å². The van der Waals surface area contributed by atoms with Crippen molar-refractivity contribution in [2.45, 2.75) is 16.6 Å². The van der Waals surface area contributed by atoms with Gasteiger partial charge in [0, 0.05) is 10.6 Å². The molecule has 0 N–H and O–H groups in total. The molecule has 1 rings (SSSR count).